The Morgan fingerprint density at radius 3 is 1.69 bits per heavy atom. The topological polar surface area (TPSA) is 13.1 Å². The zero-order chi connectivity index (χ0) is 34.2. The molecule has 0 radical (unpaired) electrons. The first-order chi connectivity index (χ1) is 25.8. The third kappa shape index (κ3) is 4.35. The van der Waals surface area contributed by atoms with Crippen LogP contribution in [0.2, 0.25) is 0 Å². The maximum Gasteiger partial charge on any atom is 0.143 e. The standard InChI is InChI=1S/C50H30OS/c1-3-15-32(16-4-1)45-48-42(51-49(45)33-17-5-2-6-18-33)29-28-41-47-40(24-13-25-43(47)52-50(41)48)46-38-22-11-9-20-36(38)44(37-21-10-12-23-39(37)46)35-27-26-31-14-7-8-19-34(31)30-35/h1-30H. The zero-order valence-corrected chi connectivity index (χ0v) is 29.0. The molecule has 0 aliphatic carbocycles. The Labute approximate surface area is 304 Å². The lowest BCUT2D eigenvalue weighted by Crippen LogP contribution is -1.91. The van der Waals surface area contributed by atoms with Crippen molar-refractivity contribution in [3.8, 4) is 44.7 Å². The molecule has 0 saturated carbocycles. The molecule has 2 heteroatoms. The molecular weight excluding hydrogens is 649 g/mol. The van der Waals surface area contributed by atoms with E-state index in [0.717, 1.165) is 28.0 Å². The molecule has 52 heavy (non-hydrogen) atoms. The predicted octanol–water partition coefficient (Wildman–Crippen LogP) is 14.9. The Bertz CT molecular complexity index is 3110. The van der Waals surface area contributed by atoms with Gasteiger partial charge in [0.25, 0.3) is 0 Å². The van der Waals surface area contributed by atoms with Crippen LogP contribution in [0.5, 0.6) is 0 Å². The predicted molar refractivity (Wildman–Crippen MR) is 223 cm³/mol. The van der Waals surface area contributed by atoms with Gasteiger partial charge in [-0.15, -0.1) is 11.3 Å². The van der Waals surface area contributed by atoms with E-state index >= 15 is 0 Å². The highest BCUT2D eigenvalue weighted by atomic mass is 32.1. The van der Waals surface area contributed by atoms with E-state index in [0.29, 0.717) is 0 Å². The summed E-state index contributed by atoms with van der Waals surface area (Å²) < 4.78 is 9.29. The highest BCUT2D eigenvalue weighted by molar-refractivity contribution is 7.26. The molecule has 2 heterocycles. The smallest absolute Gasteiger partial charge is 0.143 e. The number of benzene rings is 9. The van der Waals surface area contributed by atoms with Gasteiger partial charge < -0.3 is 4.42 Å². The summed E-state index contributed by atoms with van der Waals surface area (Å²) in [7, 11) is 0. The number of thiophene rings is 1. The summed E-state index contributed by atoms with van der Waals surface area (Å²) in [6.07, 6.45) is 0. The van der Waals surface area contributed by atoms with Gasteiger partial charge >= 0.3 is 0 Å². The first-order valence-corrected chi connectivity index (χ1v) is 18.6. The van der Waals surface area contributed by atoms with Crippen LogP contribution in [0.3, 0.4) is 0 Å². The van der Waals surface area contributed by atoms with Crippen molar-refractivity contribution in [2.75, 3.05) is 0 Å². The van der Waals surface area contributed by atoms with Gasteiger partial charge in [0.2, 0.25) is 0 Å². The zero-order valence-electron chi connectivity index (χ0n) is 28.1. The fraction of sp³-hybridized carbons (Fsp3) is 0. The summed E-state index contributed by atoms with van der Waals surface area (Å²) in [5.41, 5.74) is 9.36. The normalized spacial score (nSPS) is 11.8. The average molecular weight is 679 g/mol. The Kier molecular flexibility index (Phi) is 6.49. The van der Waals surface area contributed by atoms with Crippen molar-refractivity contribution in [3.05, 3.63) is 182 Å². The van der Waals surface area contributed by atoms with Crippen LogP contribution in [-0.4, -0.2) is 0 Å². The molecule has 0 atom stereocenters. The minimum absolute atomic E-state index is 0.910. The molecule has 9 aromatic carbocycles. The molecule has 1 nitrogen and oxygen atoms in total. The maximum absolute atomic E-state index is 6.76. The quantitative estimate of drug-likeness (QED) is 0.169. The highest BCUT2D eigenvalue weighted by Crippen LogP contribution is 2.51. The minimum atomic E-state index is 0.910. The van der Waals surface area contributed by atoms with Crippen LogP contribution in [0.1, 0.15) is 0 Å². The monoisotopic (exact) mass is 678 g/mol. The van der Waals surface area contributed by atoms with Crippen molar-refractivity contribution in [1.29, 1.82) is 0 Å². The largest absolute Gasteiger partial charge is 0.455 e. The molecule has 0 bridgehead atoms. The minimum Gasteiger partial charge on any atom is -0.455 e. The molecule has 0 fully saturated rings. The lowest BCUT2D eigenvalue weighted by atomic mass is 9.84. The van der Waals surface area contributed by atoms with Crippen LogP contribution < -0.4 is 0 Å². The van der Waals surface area contributed by atoms with E-state index in [1.807, 2.05) is 11.3 Å². The van der Waals surface area contributed by atoms with Crippen LogP contribution in [0.25, 0.3) is 108 Å². The van der Waals surface area contributed by atoms with Gasteiger partial charge in [-0.05, 0) is 84.4 Å². The van der Waals surface area contributed by atoms with Crippen molar-refractivity contribution in [3.63, 3.8) is 0 Å². The molecule has 0 aliphatic heterocycles. The van der Waals surface area contributed by atoms with Gasteiger partial charge in [0.1, 0.15) is 11.3 Å². The average Bonchev–Trinajstić information content (AvgIpc) is 3.80. The molecule has 0 unspecified atom stereocenters. The molecule has 242 valence electrons. The number of furan rings is 1. The molecule has 0 saturated heterocycles. The summed E-state index contributed by atoms with van der Waals surface area (Å²) in [6, 6.07) is 66.0. The molecule has 0 aliphatic rings. The molecule has 11 aromatic rings. The molecule has 2 aromatic heterocycles. The van der Waals surface area contributed by atoms with Gasteiger partial charge in [-0.3, -0.25) is 0 Å². The van der Waals surface area contributed by atoms with Crippen LogP contribution in [0.4, 0.5) is 0 Å². The number of rotatable bonds is 4. The first-order valence-electron chi connectivity index (χ1n) is 17.8. The lowest BCUT2D eigenvalue weighted by molar-refractivity contribution is 0.632. The van der Waals surface area contributed by atoms with Crippen molar-refractivity contribution in [1.82, 2.24) is 0 Å². The molecule has 0 amide bonds. The highest BCUT2D eigenvalue weighted by Gasteiger charge is 2.24. The molecule has 0 spiro atoms. The summed E-state index contributed by atoms with van der Waals surface area (Å²) in [5, 5.41) is 11.3. The van der Waals surface area contributed by atoms with Gasteiger partial charge in [0.05, 0.1) is 0 Å². The first kappa shape index (κ1) is 29.3. The van der Waals surface area contributed by atoms with Gasteiger partial charge in [0.15, 0.2) is 0 Å². The van der Waals surface area contributed by atoms with Gasteiger partial charge in [-0.2, -0.15) is 0 Å². The Balaban J connectivity index is 1.24. The fourth-order valence-electron chi connectivity index (χ4n) is 8.42. The fourth-order valence-corrected chi connectivity index (χ4v) is 9.70. The van der Waals surface area contributed by atoms with E-state index < -0.39 is 0 Å². The van der Waals surface area contributed by atoms with Crippen molar-refractivity contribution in [2.45, 2.75) is 0 Å². The summed E-state index contributed by atoms with van der Waals surface area (Å²) >= 11 is 1.87. The van der Waals surface area contributed by atoms with Gasteiger partial charge in [-0.25, -0.2) is 0 Å². The van der Waals surface area contributed by atoms with Crippen LogP contribution >= 0.6 is 11.3 Å². The van der Waals surface area contributed by atoms with E-state index in [-0.39, 0.29) is 0 Å². The van der Waals surface area contributed by atoms with E-state index in [1.165, 1.54) is 80.1 Å². The van der Waals surface area contributed by atoms with Crippen LogP contribution in [0.15, 0.2) is 186 Å². The van der Waals surface area contributed by atoms with E-state index in [4.69, 9.17) is 4.42 Å². The Morgan fingerprint density at radius 2 is 0.981 bits per heavy atom. The van der Waals surface area contributed by atoms with Crippen molar-refractivity contribution < 1.29 is 4.42 Å². The summed E-state index contributed by atoms with van der Waals surface area (Å²) in [4.78, 5) is 0. The number of fused-ring (bicyclic) bond motifs is 8. The third-order valence-corrected chi connectivity index (χ3v) is 11.8. The third-order valence-electron chi connectivity index (χ3n) is 10.7. The molecular formula is C50H30OS. The molecule has 11 rings (SSSR count). The van der Waals surface area contributed by atoms with Gasteiger partial charge in [0, 0.05) is 36.7 Å². The van der Waals surface area contributed by atoms with Crippen LogP contribution in [-0.2, 0) is 0 Å². The van der Waals surface area contributed by atoms with Crippen molar-refractivity contribution >= 4 is 74.8 Å². The van der Waals surface area contributed by atoms with Crippen molar-refractivity contribution in [2.24, 2.45) is 0 Å². The van der Waals surface area contributed by atoms with Crippen LogP contribution in [0, 0.1) is 0 Å². The van der Waals surface area contributed by atoms with E-state index in [2.05, 4.69) is 182 Å². The number of hydrogen-bond acceptors (Lipinski definition) is 2. The Hall–Kier alpha value is -6.48. The van der Waals surface area contributed by atoms with Gasteiger partial charge in [-0.1, -0.05) is 158 Å². The summed E-state index contributed by atoms with van der Waals surface area (Å²) in [6.45, 7) is 0. The molecule has 0 N–H and O–H groups in total. The Morgan fingerprint density at radius 1 is 0.365 bits per heavy atom. The second-order valence-electron chi connectivity index (χ2n) is 13.5. The second kappa shape index (κ2) is 11.5. The second-order valence-corrected chi connectivity index (χ2v) is 14.6. The maximum atomic E-state index is 6.76. The number of hydrogen-bond donors (Lipinski definition) is 0. The van der Waals surface area contributed by atoms with E-state index in [1.54, 1.807) is 0 Å². The lowest BCUT2D eigenvalue weighted by Gasteiger charge is -2.18. The SMILES string of the molecule is c1ccc(-c2oc3ccc4c(sc5cccc(-c6c7ccccc7c(-c7ccc8ccccc8c7)c7ccccc67)c54)c3c2-c2ccccc2)cc1. The summed E-state index contributed by atoms with van der Waals surface area (Å²) in [5.74, 6) is 0.910. The van der Waals surface area contributed by atoms with E-state index in [9.17, 15) is 0 Å².